The first-order chi connectivity index (χ1) is 11.6. The van der Waals surface area contributed by atoms with Crippen molar-refractivity contribution in [1.29, 1.82) is 0 Å². The van der Waals surface area contributed by atoms with Crippen LogP contribution in [-0.4, -0.2) is 29.1 Å². The molecule has 0 spiro atoms. The van der Waals surface area contributed by atoms with E-state index >= 15 is 0 Å². The average molecular weight is 332 g/mol. The molecule has 0 aliphatic rings. The average Bonchev–Trinajstić information content (AvgIpc) is 3.24. The van der Waals surface area contributed by atoms with Gasteiger partial charge in [0.2, 0.25) is 0 Å². The topological polar surface area (TPSA) is 99.9 Å². The molecule has 126 valence electrons. The van der Waals surface area contributed by atoms with Crippen molar-refractivity contribution in [3.63, 3.8) is 0 Å². The summed E-state index contributed by atoms with van der Waals surface area (Å²) in [6.07, 6.45) is 0.409. The van der Waals surface area contributed by atoms with E-state index in [-0.39, 0.29) is 12.4 Å². The number of hydrogen-bond donors (Lipinski definition) is 1. The Morgan fingerprint density at radius 1 is 1.29 bits per heavy atom. The Morgan fingerprint density at radius 3 is 2.79 bits per heavy atom. The molecule has 0 aliphatic carbocycles. The molecule has 0 bridgehead atoms. The molecular formula is C16H16N2O6. The van der Waals surface area contributed by atoms with Crippen molar-refractivity contribution in [2.75, 3.05) is 14.2 Å². The summed E-state index contributed by atoms with van der Waals surface area (Å²) in [5.74, 6) is 0.733. The van der Waals surface area contributed by atoms with Crippen LogP contribution in [0.5, 0.6) is 11.5 Å². The molecule has 2 heterocycles. The molecule has 1 aromatic carbocycles. The normalized spacial score (nSPS) is 12.1. The molecule has 0 saturated carbocycles. The summed E-state index contributed by atoms with van der Waals surface area (Å²) in [4.78, 5) is 11.9. The SMILES string of the molecule is COc1ccc(OC)c([C@@H](O)Cn2nc(-c3ccco3)oc2=O)c1. The lowest BCUT2D eigenvalue weighted by atomic mass is 10.1. The van der Waals surface area contributed by atoms with E-state index in [1.165, 1.54) is 20.5 Å². The molecular weight excluding hydrogens is 316 g/mol. The van der Waals surface area contributed by atoms with Gasteiger partial charge >= 0.3 is 5.76 Å². The maximum atomic E-state index is 11.9. The van der Waals surface area contributed by atoms with E-state index in [0.717, 1.165) is 4.68 Å². The Hall–Kier alpha value is -3.00. The smallest absolute Gasteiger partial charge is 0.437 e. The van der Waals surface area contributed by atoms with Gasteiger partial charge in [0.05, 0.1) is 27.0 Å². The maximum absolute atomic E-state index is 11.9. The highest BCUT2D eigenvalue weighted by molar-refractivity contribution is 5.43. The number of rotatable bonds is 6. The van der Waals surface area contributed by atoms with Crippen molar-refractivity contribution in [2.45, 2.75) is 12.6 Å². The van der Waals surface area contributed by atoms with Gasteiger partial charge in [-0.25, -0.2) is 4.79 Å². The Kier molecular flexibility index (Phi) is 4.39. The van der Waals surface area contributed by atoms with Crippen LogP contribution in [0.15, 0.2) is 50.2 Å². The number of methoxy groups -OCH3 is 2. The van der Waals surface area contributed by atoms with Gasteiger partial charge in [-0.3, -0.25) is 0 Å². The van der Waals surface area contributed by atoms with Crippen LogP contribution in [0.4, 0.5) is 0 Å². The molecule has 0 saturated heterocycles. The van der Waals surface area contributed by atoms with Gasteiger partial charge in [0.15, 0.2) is 5.76 Å². The standard InChI is InChI=1S/C16H16N2O6/c1-21-10-5-6-13(22-2)11(8-10)12(19)9-18-16(20)24-15(17-18)14-4-3-7-23-14/h3-8,12,19H,9H2,1-2H3/t12-/m0/s1. The molecule has 0 unspecified atom stereocenters. The Labute approximate surface area is 136 Å². The van der Waals surface area contributed by atoms with E-state index < -0.39 is 11.9 Å². The molecule has 0 amide bonds. The third-order valence-corrected chi connectivity index (χ3v) is 3.48. The van der Waals surface area contributed by atoms with E-state index in [0.29, 0.717) is 22.8 Å². The van der Waals surface area contributed by atoms with E-state index in [2.05, 4.69) is 5.10 Å². The minimum absolute atomic E-state index is 0.0507. The number of ether oxygens (including phenoxy) is 2. The monoisotopic (exact) mass is 332 g/mol. The Morgan fingerprint density at radius 2 is 2.12 bits per heavy atom. The summed E-state index contributed by atoms with van der Waals surface area (Å²) < 4.78 is 21.6. The number of aliphatic hydroxyl groups is 1. The second-order valence-electron chi connectivity index (χ2n) is 4.96. The highest BCUT2D eigenvalue weighted by atomic mass is 16.5. The minimum atomic E-state index is -1.04. The van der Waals surface area contributed by atoms with Crippen LogP contribution < -0.4 is 15.2 Å². The third kappa shape index (κ3) is 3.04. The van der Waals surface area contributed by atoms with Crippen LogP contribution in [0.2, 0.25) is 0 Å². The first kappa shape index (κ1) is 15.9. The zero-order valence-electron chi connectivity index (χ0n) is 13.1. The number of aliphatic hydroxyl groups excluding tert-OH is 1. The van der Waals surface area contributed by atoms with Crippen LogP contribution in [0.25, 0.3) is 11.7 Å². The highest BCUT2D eigenvalue weighted by Crippen LogP contribution is 2.30. The predicted octanol–water partition coefficient (Wildman–Crippen LogP) is 1.85. The summed E-state index contributed by atoms with van der Waals surface area (Å²) in [6, 6.07) is 8.31. The molecule has 24 heavy (non-hydrogen) atoms. The number of nitrogens with zero attached hydrogens (tertiary/aromatic N) is 2. The van der Waals surface area contributed by atoms with Crippen molar-refractivity contribution >= 4 is 0 Å². The van der Waals surface area contributed by atoms with Gasteiger partial charge in [0, 0.05) is 5.56 Å². The van der Waals surface area contributed by atoms with E-state index in [9.17, 15) is 9.90 Å². The molecule has 2 aromatic heterocycles. The van der Waals surface area contributed by atoms with Gasteiger partial charge in [0.1, 0.15) is 17.6 Å². The van der Waals surface area contributed by atoms with E-state index in [4.69, 9.17) is 18.3 Å². The fourth-order valence-corrected chi connectivity index (χ4v) is 2.28. The molecule has 3 aromatic rings. The van der Waals surface area contributed by atoms with Gasteiger partial charge in [-0.05, 0) is 30.3 Å². The summed E-state index contributed by atoms with van der Waals surface area (Å²) in [7, 11) is 3.02. The summed E-state index contributed by atoms with van der Waals surface area (Å²) >= 11 is 0. The van der Waals surface area contributed by atoms with Crippen LogP contribution in [0, 0.1) is 0 Å². The molecule has 3 rings (SSSR count). The van der Waals surface area contributed by atoms with Crippen molar-refractivity contribution in [3.8, 4) is 23.1 Å². The lowest BCUT2D eigenvalue weighted by molar-refractivity contribution is 0.144. The summed E-state index contributed by atoms with van der Waals surface area (Å²) in [6.45, 7) is -0.105. The van der Waals surface area contributed by atoms with E-state index in [1.54, 1.807) is 30.3 Å². The van der Waals surface area contributed by atoms with Gasteiger partial charge < -0.3 is 23.4 Å². The molecule has 1 atom stereocenters. The van der Waals surface area contributed by atoms with E-state index in [1.807, 2.05) is 0 Å². The summed E-state index contributed by atoms with van der Waals surface area (Å²) in [5, 5.41) is 14.5. The van der Waals surface area contributed by atoms with Gasteiger partial charge in [0.25, 0.3) is 5.89 Å². The largest absolute Gasteiger partial charge is 0.497 e. The van der Waals surface area contributed by atoms with Crippen LogP contribution in [-0.2, 0) is 6.54 Å². The quantitative estimate of drug-likeness (QED) is 0.735. The number of aromatic nitrogens is 2. The fourth-order valence-electron chi connectivity index (χ4n) is 2.28. The maximum Gasteiger partial charge on any atom is 0.437 e. The van der Waals surface area contributed by atoms with Crippen molar-refractivity contribution in [2.24, 2.45) is 0 Å². The Balaban J connectivity index is 1.88. The second kappa shape index (κ2) is 6.63. The highest BCUT2D eigenvalue weighted by Gasteiger charge is 2.19. The van der Waals surface area contributed by atoms with Crippen LogP contribution in [0.1, 0.15) is 11.7 Å². The van der Waals surface area contributed by atoms with Crippen molar-refractivity contribution in [1.82, 2.24) is 9.78 Å². The van der Waals surface area contributed by atoms with Gasteiger partial charge in [-0.15, -0.1) is 5.10 Å². The van der Waals surface area contributed by atoms with Crippen molar-refractivity contribution in [3.05, 3.63) is 52.7 Å². The Bertz CT molecular complexity index is 865. The predicted molar refractivity (Wildman–Crippen MR) is 83.0 cm³/mol. The third-order valence-electron chi connectivity index (χ3n) is 3.48. The fraction of sp³-hybridized carbons (Fsp3) is 0.250. The van der Waals surface area contributed by atoms with Crippen molar-refractivity contribution < 1.29 is 23.4 Å². The minimum Gasteiger partial charge on any atom is -0.497 e. The molecule has 8 nitrogen and oxygen atoms in total. The first-order valence-corrected chi connectivity index (χ1v) is 7.14. The van der Waals surface area contributed by atoms with Gasteiger partial charge in [-0.1, -0.05) is 0 Å². The number of furan rings is 1. The zero-order chi connectivity index (χ0) is 17.1. The second-order valence-corrected chi connectivity index (χ2v) is 4.96. The molecule has 1 N–H and O–H groups in total. The lowest BCUT2D eigenvalue weighted by Gasteiger charge is -2.15. The zero-order valence-corrected chi connectivity index (χ0v) is 13.1. The molecule has 8 heteroatoms. The molecule has 0 aliphatic heterocycles. The summed E-state index contributed by atoms with van der Waals surface area (Å²) in [5.41, 5.74) is 0.478. The first-order valence-electron chi connectivity index (χ1n) is 7.14. The number of benzene rings is 1. The van der Waals surface area contributed by atoms with Crippen LogP contribution in [0.3, 0.4) is 0 Å². The lowest BCUT2D eigenvalue weighted by Crippen LogP contribution is -2.20. The number of hydrogen-bond acceptors (Lipinski definition) is 7. The molecule has 0 fully saturated rings. The molecule has 0 radical (unpaired) electrons. The van der Waals surface area contributed by atoms with Crippen LogP contribution >= 0.6 is 0 Å². The van der Waals surface area contributed by atoms with Gasteiger partial charge in [-0.2, -0.15) is 4.68 Å².